The minimum atomic E-state index is -1.67. The summed E-state index contributed by atoms with van der Waals surface area (Å²) in [6, 6.07) is 13.8. The van der Waals surface area contributed by atoms with Gasteiger partial charge in [0.15, 0.2) is 0 Å². The number of benzene rings is 1. The summed E-state index contributed by atoms with van der Waals surface area (Å²) in [5.41, 5.74) is 3.14. The number of aryl methyl sites for hydroxylation is 2. The average molecular weight is 515 g/mol. The first-order valence-corrected chi connectivity index (χ1v) is 11.8. The van der Waals surface area contributed by atoms with E-state index in [0.29, 0.717) is 34.3 Å². The van der Waals surface area contributed by atoms with E-state index < -0.39 is 11.8 Å². The Morgan fingerprint density at radius 1 is 0.895 bits per heavy atom. The fourth-order valence-electron chi connectivity index (χ4n) is 3.74. The number of aromatic nitrogens is 4. The second-order valence-electron chi connectivity index (χ2n) is 9.12. The molecule has 3 heterocycles. The first kappa shape index (κ1) is 26.3. The number of alkyl halides is 1. The fraction of sp³-hybridized carbons (Fsp3) is 0.214. The highest BCUT2D eigenvalue weighted by Gasteiger charge is 2.22. The van der Waals surface area contributed by atoms with Crippen LogP contribution < -0.4 is 10.6 Å². The van der Waals surface area contributed by atoms with E-state index in [1.54, 1.807) is 31.3 Å². The van der Waals surface area contributed by atoms with Crippen molar-refractivity contribution in [3.8, 4) is 22.5 Å². The fourth-order valence-corrected chi connectivity index (χ4v) is 3.74. The molecule has 4 rings (SSSR count). The van der Waals surface area contributed by atoms with E-state index in [0.717, 1.165) is 16.7 Å². The van der Waals surface area contributed by atoms with Crippen LogP contribution in [-0.4, -0.2) is 39.0 Å². The van der Waals surface area contributed by atoms with Crippen LogP contribution in [0.2, 0.25) is 0 Å². The Bertz CT molecular complexity index is 1520. The number of nitrogens with one attached hydrogen (secondary N) is 2. The number of carbonyl (C=O) groups is 2. The first-order valence-electron chi connectivity index (χ1n) is 11.8. The van der Waals surface area contributed by atoms with Crippen molar-refractivity contribution in [2.45, 2.75) is 33.4 Å². The van der Waals surface area contributed by atoms with Crippen LogP contribution in [0.1, 0.15) is 41.3 Å². The number of hydrogen-bond donors (Lipinski definition) is 2. The van der Waals surface area contributed by atoms with Crippen molar-refractivity contribution in [3.63, 3.8) is 0 Å². The Kier molecular flexibility index (Phi) is 7.43. The summed E-state index contributed by atoms with van der Waals surface area (Å²) in [5.74, 6) is 0.488. The molecule has 0 aliphatic heterocycles. The SMILES string of the molecule is COC(=O)Nc1cc(-c2cc(-c3cc(NC(=O)c4ccnc(C(C)(C)F)c4)ccc3C)nc(C)n2)ccn1. The molecule has 0 aliphatic carbocycles. The summed E-state index contributed by atoms with van der Waals surface area (Å²) in [5, 5.41) is 5.42. The highest BCUT2D eigenvalue weighted by atomic mass is 19.1. The van der Waals surface area contributed by atoms with Crippen LogP contribution in [0.4, 0.5) is 20.7 Å². The number of nitrogens with zero attached hydrogens (tertiary/aromatic N) is 4. The number of ether oxygens (including phenoxy) is 1. The molecule has 0 saturated heterocycles. The van der Waals surface area contributed by atoms with E-state index in [-0.39, 0.29) is 11.6 Å². The summed E-state index contributed by atoms with van der Waals surface area (Å²) in [6.07, 6.45) is 2.36. The van der Waals surface area contributed by atoms with E-state index in [1.807, 2.05) is 25.1 Å². The number of pyridine rings is 2. The molecular formula is C28H27FN6O3. The van der Waals surface area contributed by atoms with Gasteiger partial charge in [0.1, 0.15) is 17.3 Å². The molecule has 9 nitrogen and oxygen atoms in total. The maximum Gasteiger partial charge on any atom is 0.412 e. The molecule has 10 heteroatoms. The molecule has 4 aromatic rings. The van der Waals surface area contributed by atoms with Crippen LogP contribution in [0.5, 0.6) is 0 Å². The van der Waals surface area contributed by atoms with Crippen LogP contribution >= 0.6 is 0 Å². The van der Waals surface area contributed by atoms with Gasteiger partial charge in [-0.1, -0.05) is 6.07 Å². The van der Waals surface area contributed by atoms with Crippen LogP contribution in [0.15, 0.2) is 60.9 Å². The predicted octanol–water partition coefficient (Wildman–Crippen LogP) is 5.85. The quantitative estimate of drug-likeness (QED) is 0.331. The Morgan fingerprint density at radius 2 is 1.63 bits per heavy atom. The largest absolute Gasteiger partial charge is 0.453 e. The van der Waals surface area contributed by atoms with Gasteiger partial charge in [-0.2, -0.15) is 0 Å². The molecule has 0 radical (unpaired) electrons. The number of rotatable bonds is 6. The smallest absolute Gasteiger partial charge is 0.412 e. The zero-order valence-corrected chi connectivity index (χ0v) is 21.7. The number of methoxy groups -OCH3 is 1. The van der Waals surface area contributed by atoms with E-state index in [4.69, 9.17) is 0 Å². The molecule has 0 bridgehead atoms. The Balaban J connectivity index is 1.64. The van der Waals surface area contributed by atoms with Gasteiger partial charge in [0.05, 0.1) is 24.2 Å². The second kappa shape index (κ2) is 10.7. The van der Waals surface area contributed by atoms with Crippen molar-refractivity contribution >= 4 is 23.5 Å². The molecule has 0 atom stereocenters. The van der Waals surface area contributed by atoms with Crippen LogP contribution in [0.25, 0.3) is 22.5 Å². The summed E-state index contributed by atoms with van der Waals surface area (Å²) in [4.78, 5) is 41.8. The molecule has 0 saturated carbocycles. The molecule has 38 heavy (non-hydrogen) atoms. The minimum absolute atomic E-state index is 0.180. The Labute approximate surface area is 219 Å². The van der Waals surface area contributed by atoms with Crippen LogP contribution in [0.3, 0.4) is 0 Å². The third kappa shape index (κ3) is 6.15. The molecule has 2 amide bonds. The maximum absolute atomic E-state index is 14.3. The van der Waals surface area contributed by atoms with Crippen molar-refractivity contribution < 1.29 is 18.7 Å². The van der Waals surface area contributed by atoms with Crippen molar-refractivity contribution in [2.24, 2.45) is 0 Å². The summed E-state index contributed by atoms with van der Waals surface area (Å²) in [6.45, 7) is 6.52. The maximum atomic E-state index is 14.3. The third-order valence-corrected chi connectivity index (χ3v) is 5.71. The zero-order chi connectivity index (χ0) is 27.4. The lowest BCUT2D eigenvalue weighted by atomic mass is 10.0. The van der Waals surface area contributed by atoms with Gasteiger partial charge in [-0.25, -0.2) is 24.1 Å². The second-order valence-corrected chi connectivity index (χ2v) is 9.12. The molecule has 3 aromatic heterocycles. The molecule has 0 spiro atoms. The minimum Gasteiger partial charge on any atom is -0.453 e. The molecule has 1 aromatic carbocycles. The van der Waals surface area contributed by atoms with Gasteiger partial charge in [-0.05, 0) is 75.7 Å². The lowest BCUT2D eigenvalue weighted by Gasteiger charge is -2.15. The van der Waals surface area contributed by atoms with E-state index in [1.165, 1.54) is 39.3 Å². The van der Waals surface area contributed by atoms with Gasteiger partial charge in [0.2, 0.25) is 0 Å². The topological polar surface area (TPSA) is 119 Å². The van der Waals surface area contributed by atoms with E-state index >= 15 is 0 Å². The van der Waals surface area contributed by atoms with Gasteiger partial charge in [0, 0.05) is 34.8 Å². The molecular weight excluding hydrogens is 487 g/mol. The lowest BCUT2D eigenvalue weighted by Crippen LogP contribution is -2.16. The number of halogens is 1. The van der Waals surface area contributed by atoms with Crippen molar-refractivity contribution in [1.82, 2.24) is 19.9 Å². The van der Waals surface area contributed by atoms with Crippen molar-refractivity contribution in [2.75, 3.05) is 17.7 Å². The lowest BCUT2D eigenvalue weighted by molar-refractivity contribution is 0.102. The van der Waals surface area contributed by atoms with E-state index in [9.17, 15) is 14.0 Å². The predicted molar refractivity (Wildman–Crippen MR) is 143 cm³/mol. The van der Waals surface area contributed by atoms with Crippen LogP contribution in [-0.2, 0) is 10.4 Å². The molecule has 0 fully saturated rings. The highest BCUT2D eigenvalue weighted by Crippen LogP contribution is 2.29. The van der Waals surface area contributed by atoms with Crippen molar-refractivity contribution in [1.29, 1.82) is 0 Å². The summed E-state index contributed by atoms with van der Waals surface area (Å²) in [7, 11) is 1.27. The van der Waals surface area contributed by atoms with Gasteiger partial charge < -0.3 is 10.1 Å². The molecule has 2 N–H and O–H groups in total. The van der Waals surface area contributed by atoms with E-state index in [2.05, 4.69) is 35.3 Å². The third-order valence-electron chi connectivity index (χ3n) is 5.71. The van der Waals surface area contributed by atoms with Gasteiger partial charge in [0.25, 0.3) is 5.91 Å². The normalized spacial score (nSPS) is 11.1. The molecule has 0 unspecified atom stereocenters. The molecule has 0 aliphatic rings. The van der Waals surface area contributed by atoms with Gasteiger partial charge in [-0.3, -0.25) is 15.1 Å². The van der Waals surface area contributed by atoms with Gasteiger partial charge in [-0.15, -0.1) is 0 Å². The summed E-state index contributed by atoms with van der Waals surface area (Å²) >= 11 is 0. The number of carbonyl (C=O) groups excluding carboxylic acids is 2. The molecule has 194 valence electrons. The summed E-state index contributed by atoms with van der Waals surface area (Å²) < 4.78 is 19.0. The monoisotopic (exact) mass is 514 g/mol. The zero-order valence-electron chi connectivity index (χ0n) is 21.7. The number of amides is 2. The Hall–Kier alpha value is -4.73. The number of hydrogen-bond acceptors (Lipinski definition) is 7. The Morgan fingerprint density at radius 3 is 2.37 bits per heavy atom. The highest BCUT2D eigenvalue weighted by molar-refractivity contribution is 6.04. The van der Waals surface area contributed by atoms with Gasteiger partial charge >= 0.3 is 6.09 Å². The van der Waals surface area contributed by atoms with Crippen LogP contribution in [0, 0.1) is 13.8 Å². The average Bonchev–Trinajstić information content (AvgIpc) is 2.89. The number of anilines is 2. The van der Waals surface area contributed by atoms with Crippen molar-refractivity contribution in [3.05, 3.63) is 83.6 Å². The first-order chi connectivity index (χ1) is 18.0. The standard InChI is InChI=1S/C28H27FN6O3/c1-16-6-7-20(34-26(36)19-9-10-30-24(12-19)28(3,4)29)14-21(16)23-15-22(32-17(2)33-23)18-8-11-31-25(13-18)35-27(37)38-5/h6-15H,1-5H3,(H,34,36)(H,31,35,37).